The highest BCUT2D eigenvalue weighted by Crippen LogP contribution is 2.30. The van der Waals surface area contributed by atoms with Crippen LogP contribution in [0.2, 0.25) is 0 Å². The second-order valence-electron chi connectivity index (χ2n) is 6.42. The Kier molecular flexibility index (Phi) is 4.87. The summed E-state index contributed by atoms with van der Waals surface area (Å²) in [6.45, 7) is 2.36. The maximum Gasteiger partial charge on any atom is 0.331 e. The number of carbonyl (C=O) groups excluding carboxylic acids is 3. The van der Waals surface area contributed by atoms with Crippen molar-refractivity contribution in [1.82, 2.24) is 10.2 Å². The number of imide groups is 2. The zero-order valence-corrected chi connectivity index (χ0v) is 15.7. The van der Waals surface area contributed by atoms with E-state index in [1.165, 1.54) is 12.3 Å². The maximum atomic E-state index is 12.9. The van der Waals surface area contributed by atoms with E-state index in [2.05, 4.69) is 5.32 Å². The van der Waals surface area contributed by atoms with Crippen LogP contribution in [0.4, 0.5) is 4.79 Å². The van der Waals surface area contributed by atoms with Crippen LogP contribution < -0.4 is 10.1 Å². The minimum Gasteiger partial charge on any atom is -0.493 e. The van der Waals surface area contributed by atoms with E-state index in [1.54, 1.807) is 24.3 Å². The number of nitrogens with one attached hydrogen (secondary N) is 1. The minimum atomic E-state index is -0.773. The molecule has 2 aromatic carbocycles. The Morgan fingerprint density at radius 3 is 2.55 bits per heavy atom. The second kappa shape index (κ2) is 7.63. The SMILES string of the molecule is CCOc1ccc(/C=C2\C(=O)NC(=O)N(Cc3ccco3)C2=O)c2ccccc12. The number of urea groups is 1. The monoisotopic (exact) mass is 390 g/mol. The van der Waals surface area contributed by atoms with Gasteiger partial charge in [0.15, 0.2) is 0 Å². The summed E-state index contributed by atoms with van der Waals surface area (Å²) in [7, 11) is 0. The molecule has 0 unspecified atom stereocenters. The molecule has 146 valence electrons. The predicted octanol–water partition coefficient (Wildman–Crippen LogP) is 3.49. The molecule has 1 aliphatic rings. The molecule has 0 saturated carbocycles. The molecule has 4 rings (SSSR count). The van der Waals surface area contributed by atoms with Crippen LogP contribution in [0.15, 0.2) is 64.8 Å². The number of ether oxygens (including phenoxy) is 1. The number of amides is 4. The molecule has 3 aromatic rings. The summed E-state index contributed by atoms with van der Waals surface area (Å²) < 4.78 is 10.9. The third kappa shape index (κ3) is 3.50. The first-order valence-corrected chi connectivity index (χ1v) is 9.14. The zero-order valence-electron chi connectivity index (χ0n) is 15.7. The van der Waals surface area contributed by atoms with Crippen molar-refractivity contribution in [3.05, 3.63) is 71.7 Å². The molecule has 0 spiro atoms. The molecule has 29 heavy (non-hydrogen) atoms. The third-order valence-electron chi connectivity index (χ3n) is 4.60. The molecule has 7 nitrogen and oxygen atoms in total. The number of barbiturate groups is 1. The van der Waals surface area contributed by atoms with Crippen molar-refractivity contribution in [3.63, 3.8) is 0 Å². The number of rotatable bonds is 5. The predicted molar refractivity (Wildman–Crippen MR) is 106 cm³/mol. The molecule has 0 radical (unpaired) electrons. The van der Waals surface area contributed by atoms with Gasteiger partial charge in [0.1, 0.15) is 17.1 Å². The molecule has 4 amide bonds. The molecular weight excluding hydrogens is 372 g/mol. The zero-order chi connectivity index (χ0) is 20.4. The molecule has 7 heteroatoms. The smallest absolute Gasteiger partial charge is 0.331 e. The molecule has 0 aliphatic carbocycles. The highest BCUT2D eigenvalue weighted by Gasteiger charge is 2.36. The van der Waals surface area contributed by atoms with Gasteiger partial charge in [0.25, 0.3) is 11.8 Å². The highest BCUT2D eigenvalue weighted by atomic mass is 16.5. The quantitative estimate of drug-likeness (QED) is 0.532. The van der Waals surface area contributed by atoms with Gasteiger partial charge < -0.3 is 9.15 Å². The van der Waals surface area contributed by atoms with Gasteiger partial charge in [-0.2, -0.15) is 0 Å². The molecular formula is C22H18N2O5. The van der Waals surface area contributed by atoms with E-state index in [0.717, 1.165) is 21.4 Å². The second-order valence-corrected chi connectivity index (χ2v) is 6.42. The molecule has 1 N–H and O–H groups in total. The molecule has 2 heterocycles. The van der Waals surface area contributed by atoms with Crippen LogP contribution in [0.3, 0.4) is 0 Å². The third-order valence-corrected chi connectivity index (χ3v) is 4.60. The standard InChI is InChI=1S/C22H18N2O5/c1-2-28-19-10-9-14(16-7-3-4-8-17(16)19)12-18-20(25)23-22(27)24(21(18)26)13-15-6-5-11-29-15/h3-12H,2,13H2,1H3,(H,23,25,27)/b18-12+. The molecule has 1 saturated heterocycles. The Labute approximate surface area is 166 Å². The van der Waals surface area contributed by atoms with Crippen molar-refractivity contribution >= 4 is 34.7 Å². The Bertz CT molecular complexity index is 1130. The van der Waals surface area contributed by atoms with Crippen LogP contribution >= 0.6 is 0 Å². The Balaban J connectivity index is 1.75. The number of hydrogen-bond donors (Lipinski definition) is 1. The highest BCUT2D eigenvalue weighted by molar-refractivity contribution is 6.31. The van der Waals surface area contributed by atoms with Gasteiger partial charge in [-0.25, -0.2) is 4.79 Å². The summed E-state index contributed by atoms with van der Waals surface area (Å²) in [6.07, 6.45) is 2.95. The summed E-state index contributed by atoms with van der Waals surface area (Å²) in [6, 6.07) is 13.7. The van der Waals surface area contributed by atoms with Gasteiger partial charge in [0.05, 0.1) is 19.4 Å². The van der Waals surface area contributed by atoms with Crippen LogP contribution in [0.25, 0.3) is 16.8 Å². The minimum absolute atomic E-state index is 0.0632. The number of hydrogen-bond acceptors (Lipinski definition) is 5. The van der Waals surface area contributed by atoms with Gasteiger partial charge in [-0.15, -0.1) is 0 Å². The molecule has 1 aliphatic heterocycles. The van der Waals surface area contributed by atoms with Gasteiger partial charge in [-0.1, -0.05) is 30.3 Å². The number of furan rings is 1. The van der Waals surface area contributed by atoms with Crippen molar-refractivity contribution in [1.29, 1.82) is 0 Å². The molecule has 1 aromatic heterocycles. The van der Waals surface area contributed by atoms with Crippen molar-refractivity contribution in [2.75, 3.05) is 6.61 Å². The number of carbonyl (C=O) groups is 3. The van der Waals surface area contributed by atoms with Crippen molar-refractivity contribution in [3.8, 4) is 5.75 Å². The van der Waals surface area contributed by atoms with Crippen LogP contribution in [-0.4, -0.2) is 29.4 Å². The van der Waals surface area contributed by atoms with Crippen LogP contribution in [0.1, 0.15) is 18.2 Å². The Hall–Kier alpha value is -3.87. The normalized spacial score (nSPS) is 15.8. The van der Waals surface area contributed by atoms with E-state index < -0.39 is 17.8 Å². The van der Waals surface area contributed by atoms with Crippen molar-refractivity contribution in [2.24, 2.45) is 0 Å². The van der Waals surface area contributed by atoms with Gasteiger partial charge in [0, 0.05) is 5.39 Å². The van der Waals surface area contributed by atoms with E-state index in [0.29, 0.717) is 17.9 Å². The average Bonchev–Trinajstić information content (AvgIpc) is 3.23. The average molecular weight is 390 g/mol. The molecule has 0 atom stereocenters. The summed E-state index contributed by atoms with van der Waals surface area (Å²) in [5, 5.41) is 3.92. The van der Waals surface area contributed by atoms with E-state index in [4.69, 9.17) is 9.15 Å². The first kappa shape index (κ1) is 18.5. The first-order chi connectivity index (χ1) is 14.1. The van der Waals surface area contributed by atoms with Crippen LogP contribution in [0.5, 0.6) is 5.75 Å². The topological polar surface area (TPSA) is 88.8 Å². The van der Waals surface area contributed by atoms with Crippen LogP contribution in [0, 0.1) is 0 Å². The van der Waals surface area contributed by atoms with Gasteiger partial charge >= 0.3 is 6.03 Å². The lowest BCUT2D eigenvalue weighted by molar-refractivity contribution is -0.130. The number of nitrogens with zero attached hydrogens (tertiary/aromatic N) is 1. The fraction of sp³-hybridized carbons (Fsp3) is 0.136. The van der Waals surface area contributed by atoms with Gasteiger partial charge in [0.2, 0.25) is 0 Å². The molecule has 1 fully saturated rings. The lowest BCUT2D eigenvalue weighted by Gasteiger charge is -2.25. The number of fused-ring (bicyclic) bond motifs is 1. The van der Waals surface area contributed by atoms with Gasteiger partial charge in [-0.3, -0.25) is 19.8 Å². The summed E-state index contributed by atoms with van der Waals surface area (Å²) in [4.78, 5) is 38.4. The lowest BCUT2D eigenvalue weighted by Crippen LogP contribution is -2.53. The van der Waals surface area contributed by atoms with E-state index in [-0.39, 0.29) is 12.1 Å². The fourth-order valence-corrected chi connectivity index (χ4v) is 3.25. The largest absolute Gasteiger partial charge is 0.493 e. The summed E-state index contributed by atoms with van der Waals surface area (Å²) in [5.41, 5.74) is 0.556. The van der Waals surface area contributed by atoms with Crippen molar-refractivity contribution in [2.45, 2.75) is 13.5 Å². The van der Waals surface area contributed by atoms with Crippen LogP contribution in [-0.2, 0) is 16.1 Å². The molecule has 0 bridgehead atoms. The summed E-state index contributed by atoms with van der Waals surface area (Å²) in [5.74, 6) is -0.241. The van der Waals surface area contributed by atoms with Crippen molar-refractivity contribution < 1.29 is 23.5 Å². The number of benzene rings is 2. The Morgan fingerprint density at radius 1 is 1.03 bits per heavy atom. The fourth-order valence-electron chi connectivity index (χ4n) is 3.25. The van der Waals surface area contributed by atoms with E-state index in [1.807, 2.05) is 31.2 Å². The van der Waals surface area contributed by atoms with E-state index in [9.17, 15) is 14.4 Å². The maximum absolute atomic E-state index is 12.9. The Morgan fingerprint density at radius 2 is 1.83 bits per heavy atom. The first-order valence-electron chi connectivity index (χ1n) is 9.14. The summed E-state index contributed by atoms with van der Waals surface area (Å²) >= 11 is 0. The van der Waals surface area contributed by atoms with Gasteiger partial charge in [-0.05, 0) is 42.1 Å². The van der Waals surface area contributed by atoms with E-state index >= 15 is 0 Å². The lowest BCUT2D eigenvalue weighted by atomic mass is 10.00.